The molecule has 5 heteroatoms. The lowest BCUT2D eigenvalue weighted by Gasteiger charge is -2.11. The first-order valence-corrected chi connectivity index (χ1v) is 8.32. The van der Waals surface area contributed by atoms with E-state index in [4.69, 9.17) is 20.3 Å². The second kappa shape index (κ2) is 12.1. The van der Waals surface area contributed by atoms with Crippen LogP contribution in [0.2, 0.25) is 0 Å². The SMILES string of the molecule is CCCN.COC(Cc1ccc(OCc2ccccc2)cc1)C(=O)O. The maximum atomic E-state index is 10.9. The summed E-state index contributed by atoms with van der Waals surface area (Å²) in [5, 5.41) is 8.95. The molecule has 2 aromatic rings. The van der Waals surface area contributed by atoms with E-state index in [1.54, 1.807) is 0 Å². The summed E-state index contributed by atoms with van der Waals surface area (Å²) in [6, 6.07) is 17.3. The highest BCUT2D eigenvalue weighted by Crippen LogP contribution is 2.16. The number of rotatable bonds is 8. The summed E-state index contributed by atoms with van der Waals surface area (Å²) in [6.07, 6.45) is 0.617. The number of aliphatic carboxylic acids is 1. The molecule has 0 aliphatic rings. The molecule has 0 bridgehead atoms. The molecule has 0 aromatic heterocycles. The predicted molar refractivity (Wildman–Crippen MR) is 98.7 cm³/mol. The summed E-state index contributed by atoms with van der Waals surface area (Å²) in [6.45, 7) is 3.38. The second-order valence-corrected chi connectivity index (χ2v) is 5.47. The Morgan fingerprint density at radius 1 is 1.08 bits per heavy atom. The lowest BCUT2D eigenvalue weighted by Crippen LogP contribution is -2.24. The van der Waals surface area contributed by atoms with E-state index in [9.17, 15) is 4.79 Å². The monoisotopic (exact) mass is 345 g/mol. The number of ether oxygens (including phenoxy) is 2. The molecule has 2 aromatic carbocycles. The van der Waals surface area contributed by atoms with Crippen LogP contribution in [0.15, 0.2) is 54.6 Å². The van der Waals surface area contributed by atoms with Gasteiger partial charge in [-0.3, -0.25) is 0 Å². The first-order valence-electron chi connectivity index (χ1n) is 8.32. The lowest BCUT2D eigenvalue weighted by molar-refractivity contribution is -0.148. The van der Waals surface area contributed by atoms with E-state index >= 15 is 0 Å². The Labute approximate surface area is 149 Å². The molecule has 0 radical (unpaired) electrons. The zero-order valence-corrected chi connectivity index (χ0v) is 14.9. The van der Waals surface area contributed by atoms with E-state index in [0.717, 1.165) is 29.8 Å². The summed E-state index contributed by atoms with van der Waals surface area (Å²) in [5.74, 6) is -0.200. The normalized spacial score (nSPS) is 11.2. The van der Waals surface area contributed by atoms with Gasteiger partial charge >= 0.3 is 5.97 Å². The van der Waals surface area contributed by atoms with Gasteiger partial charge in [0.15, 0.2) is 6.10 Å². The quantitative estimate of drug-likeness (QED) is 0.767. The molecular weight excluding hydrogens is 318 g/mol. The summed E-state index contributed by atoms with van der Waals surface area (Å²) in [4.78, 5) is 10.9. The number of methoxy groups -OCH3 is 1. The maximum absolute atomic E-state index is 10.9. The molecule has 0 amide bonds. The molecule has 0 spiro atoms. The van der Waals surface area contributed by atoms with Crippen molar-refractivity contribution < 1.29 is 19.4 Å². The van der Waals surface area contributed by atoms with Crippen LogP contribution in [0.3, 0.4) is 0 Å². The maximum Gasteiger partial charge on any atom is 0.333 e. The molecule has 1 unspecified atom stereocenters. The van der Waals surface area contributed by atoms with Crippen molar-refractivity contribution in [3.05, 3.63) is 65.7 Å². The molecule has 0 saturated heterocycles. The predicted octanol–water partition coefficient (Wildman–Crippen LogP) is 3.26. The molecular formula is C20H27NO4. The largest absolute Gasteiger partial charge is 0.489 e. The van der Waals surface area contributed by atoms with Crippen molar-refractivity contribution in [2.75, 3.05) is 13.7 Å². The lowest BCUT2D eigenvalue weighted by atomic mass is 10.1. The standard InChI is InChI=1S/C17H18O4.C3H9N/c1-20-16(17(18)19)11-13-7-9-15(10-8-13)21-12-14-5-3-2-4-6-14;1-2-3-4/h2-10,16H,11-12H2,1H3,(H,18,19);2-4H2,1H3. The smallest absolute Gasteiger partial charge is 0.333 e. The van der Waals surface area contributed by atoms with E-state index in [0.29, 0.717) is 13.0 Å². The van der Waals surface area contributed by atoms with Gasteiger partial charge in [0, 0.05) is 13.5 Å². The summed E-state index contributed by atoms with van der Waals surface area (Å²) in [5.41, 5.74) is 7.03. The van der Waals surface area contributed by atoms with Crippen LogP contribution in [0.4, 0.5) is 0 Å². The second-order valence-electron chi connectivity index (χ2n) is 5.47. The van der Waals surface area contributed by atoms with E-state index in [1.807, 2.05) is 54.6 Å². The van der Waals surface area contributed by atoms with Crippen molar-refractivity contribution in [2.45, 2.75) is 32.5 Å². The third-order valence-corrected chi connectivity index (χ3v) is 3.44. The van der Waals surface area contributed by atoms with Gasteiger partial charge in [0.1, 0.15) is 12.4 Å². The van der Waals surface area contributed by atoms with Gasteiger partial charge in [-0.25, -0.2) is 4.79 Å². The van der Waals surface area contributed by atoms with Gasteiger partial charge < -0.3 is 20.3 Å². The van der Waals surface area contributed by atoms with Crippen LogP contribution in [0, 0.1) is 0 Å². The van der Waals surface area contributed by atoms with Gasteiger partial charge in [0.2, 0.25) is 0 Å². The topological polar surface area (TPSA) is 81.8 Å². The average Bonchev–Trinajstić information content (AvgIpc) is 2.66. The minimum Gasteiger partial charge on any atom is -0.489 e. The van der Waals surface area contributed by atoms with E-state index in [2.05, 4.69) is 6.92 Å². The van der Waals surface area contributed by atoms with Crippen molar-refractivity contribution in [1.82, 2.24) is 0 Å². The fourth-order valence-corrected chi connectivity index (χ4v) is 1.95. The van der Waals surface area contributed by atoms with Crippen molar-refractivity contribution in [3.63, 3.8) is 0 Å². The molecule has 25 heavy (non-hydrogen) atoms. The Kier molecular flexibility index (Phi) is 9.97. The third-order valence-electron chi connectivity index (χ3n) is 3.44. The Balaban J connectivity index is 0.000000705. The molecule has 2 rings (SSSR count). The zero-order chi connectivity index (χ0) is 18.5. The van der Waals surface area contributed by atoms with Crippen LogP contribution >= 0.6 is 0 Å². The van der Waals surface area contributed by atoms with Crippen LogP contribution in [0.5, 0.6) is 5.75 Å². The molecule has 0 fully saturated rings. The zero-order valence-electron chi connectivity index (χ0n) is 14.9. The van der Waals surface area contributed by atoms with Crippen LogP contribution < -0.4 is 10.5 Å². The number of nitrogens with two attached hydrogens (primary N) is 1. The van der Waals surface area contributed by atoms with Gasteiger partial charge in [-0.1, -0.05) is 49.4 Å². The first-order chi connectivity index (χ1) is 12.1. The highest BCUT2D eigenvalue weighted by atomic mass is 16.5. The molecule has 0 heterocycles. The Bertz CT molecular complexity index is 597. The number of hydrogen-bond acceptors (Lipinski definition) is 4. The number of carboxylic acid groups (broad SMARTS) is 1. The number of benzene rings is 2. The third kappa shape index (κ3) is 8.33. The minimum absolute atomic E-state index is 0.338. The molecule has 0 aliphatic heterocycles. The Morgan fingerprint density at radius 2 is 1.68 bits per heavy atom. The van der Waals surface area contributed by atoms with E-state index in [1.165, 1.54) is 7.11 Å². The van der Waals surface area contributed by atoms with E-state index in [-0.39, 0.29) is 0 Å². The first kappa shape index (κ1) is 20.7. The molecule has 0 saturated carbocycles. The van der Waals surface area contributed by atoms with Gasteiger partial charge in [-0.2, -0.15) is 0 Å². The van der Waals surface area contributed by atoms with Gasteiger partial charge in [-0.15, -0.1) is 0 Å². The summed E-state index contributed by atoms with van der Waals surface area (Å²) in [7, 11) is 1.40. The molecule has 3 N–H and O–H groups in total. The molecule has 1 atom stereocenters. The fourth-order valence-electron chi connectivity index (χ4n) is 1.95. The highest BCUT2D eigenvalue weighted by molar-refractivity contribution is 5.72. The molecule has 0 aliphatic carbocycles. The molecule has 5 nitrogen and oxygen atoms in total. The number of carboxylic acids is 1. The van der Waals surface area contributed by atoms with Crippen molar-refractivity contribution >= 4 is 5.97 Å². The number of hydrogen-bond donors (Lipinski definition) is 2. The molecule has 136 valence electrons. The van der Waals surface area contributed by atoms with Gasteiger partial charge in [-0.05, 0) is 36.2 Å². The van der Waals surface area contributed by atoms with Crippen LogP contribution in [0.1, 0.15) is 24.5 Å². The van der Waals surface area contributed by atoms with Gasteiger partial charge in [0.25, 0.3) is 0 Å². The van der Waals surface area contributed by atoms with Crippen LogP contribution in [-0.2, 0) is 22.6 Å². The minimum atomic E-state index is -0.957. The number of carbonyl (C=O) groups is 1. The fraction of sp³-hybridized carbons (Fsp3) is 0.350. The van der Waals surface area contributed by atoms with Crippen molar-refractivity contribution in [3.8, 4) is 5.75 Å². The average molecular weight is 345 g/mol. The summed E-state index contributed by atoms with van der Waals surface area (Å²) >= 11 is 0. The van der Waals surface area contributed by atoms with E-state index < -0.39 is 12.1 Å². The van der Waals surface area contributed by atoms with Gasteiger partial charge in [0.05, 0.1) is 0 Å². The van der Waals surface area contributed by atoms with Crippen LogP contribution in [0.25, 0.3) is 0 Å². The van der Waals surface area contributed by atoms with Crippen LogP contribution in [-0.4, -0.2) is 30.8 Å². The Hall–Kier alpha value is -2.37. The van der Waals surface area contributed by atoms with Crippen molar-refractivity contribution in [1.29, 1.82) is 0 Å². The summed E-state index contributed by atoms with van der Waals surface area (Å²) < 4.78 is 10.6. The Morgan fingerprint density at radius 3 is 2.16 bits per heavy atom. The van der Waals surface area contributed by atoms with Crippen molar-refractivity contribution in [2.24, 2.45) is 5.73 Å². The highest BCUT2D eigenvalue weighted by Gasteiger charge is 2.16.